The van der Waals surface area contributed by atoms with Gasteiger partial charge in [0.15, 0.2) is 0 Å². The average Bonchev–Trinajstić information content (AvgIpc) is 2.88. The fourth-order valence-corrected chi connectivity index (χ4v) is 3.32. The van der Waals surface area contributed by atoms with Gasteiger partial charge in [0, 0.05) is 11.9 Å². The average molecular weight is 271 g/mol. The van der Waals surface area contributed by atoms with Gasteiger partial charge in [-0.15, -0.1) is 0 Å². The van der Waals surface area contributed by atoms with E-state index in [1.165, 1.54) is 18.4 Å². The second kappa shape index (κ2) is 7.33. The molecule has 1 aromatic rings. The number of hydrogen-bond acceptors (Lipinski definition) is 2. The highest BCUT2D eigenvalue weighted by Crippen LogP contribution is 2.38. The molecule has 20 heavy (non-hydrogen) atoms. The van der Waals surface area contributed by atoms with Crippen LogP contribution in [0, 0.1) is 24.4 Å². The first-order chi connectivity index (χ1) is 9.78. The van der Waals surface area contributed by atoms with Crippen LogP contribution in [0.5, 0.6) is 0 Å². The summed E-state index contributed by atoms with van der Waals surface area (Å²) in [6.45, 7) is 4.36. The van der Waals surface area contributed by atoms with Crippen LogP contribution in [0.1, 0.15) is 50.8 Å². The summed E-state index contributed by atoms with van der Waals surface area (Å²) in [5.41, 5.74) is 2.48. The molecule has 0 aliphatic heterocycles. The van der Waals surface area contributed by atoms with Gasteiger partial charge in [-0.2, -0.15) is 0 Å². The number of rotatable bonds is 6. The lowest BCUT2D eigenvalue weighted by Gasteiger charge is -2.22. The van der Waals surface area contributed by atoms with Crippen molar-refractivity contribution in [2.24, 2.45) is 11.8 Å². The number of aromatic nitrogens is 1. The molecular formula is C18H25NO. The number of aryl methyl sites for hydroxylation is 2. The Morgan fingerprint density at radius 1 is 1.30 bits per heavy atom. The normalized spacial score (nSPS) is 25.4. The molecule has 108 valence electrons. The summed E-state index contributed by atoms with van der Waals surface area (Å²) in [5.74, 6) is 1.23. The molecular weight excluding hydrogens is 246 g/mol. The van der Waals surface area contributed by atoms with Gasteiger partial charge in [0.05, 0.1) is 0 Å². The Hall–Kier alpha value is -1.49. The molecule has 0 radical (unpaired) electrons. The lowest BCUT2D eigenvalue weighted by Crippen LogP contribution is -2.23. The van der Waals surface area contributed by atoms with Gasteiger partial charge in [-0.1, -0.05) is 26.3 Å². The molecule has 0 aromatic carbocycles. The number of nitrogens with zero attached hydrogens (tertiary/aromatic N) is 1. The summed E-state index contributed by atoms with van der Waals surface area (Å²) in [4.78, 5) is 4.47. The monoisotopic (exact) mass is 271 g/mol. The minimum atomic E-state index is 0.257. The molecule has 0 bridgehead atoms. The van der Waals surface area contributed by atoms with E-state index in [2.05, 4.69) is 37.1 Å². The van der Waals surface area contributed by atoms with E-state index in [9.17, 15) is 0 Å². The SMILES string of the molecule is C#COC1C(CC)CCC1CCc1ccc(CC)nc1. The van der Waals surface area contributed by atoms with Crippen molar-refractivity contribution < 1.29 is 4.74 Å². The summed E-state index contributed by atoms with van der Waals surface area (Å²) < 4.78 is 5.56. The van der Waals surface area contributed by atoms with Crippen LogP contribution in [0.2, 0.25) is 0 Å². The minimum absolute atomic E-state index is 0.257. The van der Waals surface area contributed by atoms with Crippen LogP contribution < -0.4 is 0 Å². The topological polar surface area (TPSA) is 22.1 Å². The molecule has 2 nitrogen and oxygen atoms in total. The second-order valence-corrected chi connectivity index (χ2v) is 5.76. The number of ether oxygens (including phenoxy) is 1. The van der Waals surface area contributed by atoms with E-state index >= 15 is 0 Å². The van der Waals surface area contributed by atoms with Crippen molar-refractivity contribution in [2.75, 3.05) is 0 Å². The van der Waals surface area contributed by atoms with E-state index in [-0.39, 0.29) is 6.10 Å². The van der Waals surface area contributed by atoms with Gasteiger partial charge in [0.25, 0.3) is 0 Å². The van der Waals surface area contributed by atoms with Gasteiger partial charge in [-0.25, -0.2) is 0 Å². The fourth-order valence-electron chi connectivity index (χ4n) is 3.32. The lowest BCUT2D eigenvalue weighted by atomic mass is 9.93. The predicted molar refractivity (Wildman–Crippen MR) is 82.1 cm³/mol. The minimum Gasteiger partial charge on any atom is -0.443 e. The number of pyridine rings is 1. The maximum atomic E-state index is 5.56. The summed E-state index contributed by atoms with van der Waals surface area (Å²) in [5, 5.41) is 0. The van der Waals surface area contributed by atoms with Gasteiger partial charge in [0.1, 0.15) is 12.2 Å². The van der Waals surface area contributed by atoms with Crippen molar-refractivity contribution in [3.63, 3.8) is 0 Å². The quantitative estimate of drug-likeness (QED) is 0.730. The van der Waals surface area contributed by atoms with E-state index in [4.69, 9.17) is 11.2 Å². The van der Waals surface area contributed by atoms with Crippen LogP contribution in [-0.4, -0.2) is 11.1 Å². The molecule has 2 heteroatoms. The molecule has 0 saturated heterocycles. The van der Waals surface area contributed by atoms with Crippen molar-refractivity contribution in [2.45, 2.75) is 58.5 Å². The molecule has 3 atom stereocenters. The van der Waals surface area contributed by atoms with E-state index in [1.54, 1.807) is 0 Å². The molecule has 1 aromatic heterocycles. The summed E-state index contributed by atoms with van der Waals surface area (Å²) in [6.07, 6.45) is 16.9. The third kappa shape index (κ3) is 3.54. The molecule has 0 amide bonds. The lowest BCUT2D eigenvalue weighted by molar-refractivity contribution is 0.0824. The third-order valence-electron chi connectivity index (χ3n) is 4.62. The smallest absolute Gasteiger partial charge is 0.116 e. The van der Waals surface area contributed by atoms with Crippen molar-refractivity contribution >= 4 is 0 Å². The first-order valence-corrected chi connectivity index (χ1v) is 7.83. The van der Waals surface area contributed by atoms with Crippen LogP contribution in [0.25, 0.3) is 0 Å². The van der Waals surface area contributed by atoms with Gasteiger partial charge < -0.3 is 4.74 Å². The van der Waals surface area contributed by atoms with Gasteiger partial charge in [0.2, 0.25) is 0 Å². The molecule has 1 saturated carbocycles. The van der Waals surface area contributed by atoms with E-state index in [1.807, 2.05) is 6.20 Å². The molecule has 1 fully saturated rings. The standard InChI is InChI=1S/C18H25NO/c1-4-15-10-11-16(18(15)20-6-3)9-7-14-8-12-17(5-2)19-13-14/h3,8,12-13,15-16,18H,4-5,7,9-11H2,1-2H3. The summed E-state index contributed by atoms with van der Waals surface area (Å²) in [6, 6.07) is 4.34. The Labute approximate surface area is 123 Å². The Morgan fingerprint density at radius 2 is 2.10 bits per heavy atom. The maximum Gasteiger partial charge on any atom is 0.116 e. The largest absolute Gasteiger partial charge is 0.443 e. The maximum absolute atomic E-state index is 5.56. The summed E-state index contributed by atoms with van der Waals surface area (Å²) in [7, 11) is 0. The van der Waals surface area contributed by atoms with Crippen molar-refractivity contribution in [1.29, 1.82) is 0 Å². The summed E-state index contributed by atoms with van der Waals surface area (Å²) >= 11 is 0. The highest BCUT2D eigenvalue weighted by Gasteiger charge is 2.36. The van der Waals surface area contributed by atoms with Gasteiger partial charge >= 0.3 is 0 Å². The zero-order chi connectivity index (χ0) is 14.4. The third-order valence-corrected chi connectivity index (χ3v) is 4.62. The van der Waals surface area contributed by atoms with E-state index < -0.39 is 0 Å². The first-order valence-electron chi connectivity index (χ1n) is 7.83. The Kier molecular flexibility index (Phi) is 5.47. The van der Waals surface area contributed by atoms with Crippen LogP contribution in [0.3, 0.4) is 0 Å². The second-order valence-electron chi connectivity index (χ2n) is 5.76. The zero-order valence-corrected chi connectivity index (χ0v) is 12.6. The Bertz CT molecular complexity index is 445. The van der Waals surface area contributed by atoms with Crippen molar-refractivity contribution in [1.82, 2.24) is 4.98 Å². The number of terminal acetylenes is 1. The first kappa shape index (κ1) is 14.9. The molecule has 1 aliphatic rings. The van der Waals surface area contributed by atoms with Crippen LogP contribution >= 0.6 is 0 Å². The highest BCUT2D eigenvalue weighted by molar-refractivity contribution is 5.14. The van der Waals surface area contributed by atoms with Gasteiger partial charge in [-0.3, -0.25) is 4.98 Å². The molecule has 0 spiro atoms. The van der Waals surface area contributed by atoms with E-state index in [0.29, 0.717) is 11.8 Å². The molecule has 1 aliphatic carbocycles. The molecule has 2 rings (SSSR count). The molecule has 1 heterocycles. The Morgan fingerprint density at radius 3 is 2.70 bits per heavy atom. The van der Waals surface area contributed by atoms with Crippen molar-refractivity contribution in [3.8, 4) is 12.5 Å². The van der Waals surface area contributed by atoms with Crippen LogP contribution in [0.15, 0.2) is 18.3 Å². The molecule has 3 unspecified atom stereocenters. The Balaban J connectivity index is 1.90. The van der Waals surface area contributed by atoms with Gasteiger partial charge in [-0.05, 0) is 62.0 Å². The predicted octanol–water partition coefficient (Wildman–Crippen LogP) is 3.99. The van der Waals surface area contributed by atoms with Crippen LogP contribution in [-0.2, 0) is 17.6 Å². The van der Waals surface area contributed by atoms with Crippen LogP contribution in [0.4, 0.5) is 0 Å². The van der Waals surface area contributed by atoms with E-state index in [0.717, 1.165) is 31.4 Å². The highest BCUT2D eigenvalue weighted by atomic mass is 16.5. The molecule has 0 N–H and O–H groups in total. The zero-order valence-electron chi connectivity index (χ0n) is 12.6. The number of hydrogen-bond donors (Lipinski definition) is 0. The fraction of sp³-hybridized carbons (Fsp3) is 0.611. The van der Waals surface area contributed by atoms with Crippen molar-refractivity contribution in [3.05, 3.63) is 29.6 Å².